The molecule has 1 N–H and O–H groups in total. The van der Waals surface area contributed by atoms with Gasteiger partial charge in [-0.15, -0.1) is 0 Å². The molecule has 1 heterocycles. The largest absolute Gasteiger partial charge is 0.487 e. The number of hydrogen-bond donors (Lipinski definition) is 1. The van der Waals surface area contributed by atoms with Gasteiger partial charge in [0, 0.05) is 22.8 Å². The minimum absolute atomic E-state index is 0.385. The van der Waals surface area contributed by atoms with Crippen molar-refractivity contribution in [1.29, 1.82) is 0 Å². The van der Waals surface area contributed by atoms with Gasteiger partial charge in [-0.3, -0.25) is 4.98 Å². The first-order valence-electron chi connectivity index (χ1n) is 5.84. The van der Waals surface area contributed by atoms with E-state index in [4.69, 9.17) is 27.9 Å². The smallest absolute Gasteiger partial charge is 0.130 e. The van der Waals surface area contributed by atoms with E-state index in [0.29, 0.717) is 22.4 Å². The lowest BCUT2D eigenvalue weighted by atomic mass is 10.2. The van der Waals surface area contributed by atoms with Gasteiger partial charge in [-0.25, -0.2) is 0 Å². The lowest BCUT2D eigenvalue weighted by molar-refractivity contribution is 0.301. The average Bonchev–Trinajstić information content (AvgIpc) is 2.37. The zero-order valence-electron chi connectivity index (χ0n) is 10.5. The summed E-state index contributed by atoms with van der Waals surface area (Å²) in [5, 5.41) is 4.18. The number of halogens is 2. The van der Waals surface area contributed by atoms with Gasteiger partial charge in [0.15, 0.2) is 0 Å². The summed E-state index contributed by atoms with van der Waals surface area (Å²) in [6, 6.07) is 9.08. The topological polar surface area (TPSA) is 34.1 Å². The van der Waals surface area contributed by atoms with Crippen LogP contribution in [0.3, 0.4) is 0 Å². The highest BCUT2D eigenvalue weighted by Gasteiger charge is 2.01. The molecule has 0 unspecified atom stereocenters. The van der Waals surface area contributed by atoms with E-state index < -0.39 is 0 Å². The summed E-state index contributed by atoms with van der Waals surface area (Å²) in [6.45, 7) is 1.19. The second-order valence-electron chi connectivity index (χ2n) is 4.08. The van der Waals surface area contributed by atoms with Gasteiger partial charge in [0.2, 0.25) is 0 Å². The Kier molecular flexibility index (Phi) is 5.02. The van der Waals surface area contributed by atoms with Gasteiger partial charge in [-0.05, 0) is 36.9 Å². The molecule has 2 rings (SSSR count). The van der Waals surface area contributed by atoms with Gasteiger partial charge in [-0.1, -0.05) is 29.3 Å². The third-order valence-corrected chi connectivity index (χ3v) is 2.93. The molecule has 5 heteroatoms. The summed E-state index contributed by atoms with van der Waals surface area (Å²) in [7, 11) is 1.90. The zero-order chi connectivity index (χ0) is 13.7. The minimum atomic E-state index is 0.385. The van der Waals surface area contributed by atoms with Crippen LogP contribution in [-0.2, 0) is 13.2 Å². The summed E-state index contributed by atoms with van der Waals surface area (Å²) in [5.74, 6) is 0.638. The van der Waals surface area contributed by atoms with Crippen molar-refractivity contribution < 1.29 is 4.74 Å². The summed E-state index contributed by atoms with van der Waals surface area (Å²) in [5.41, 5.74) is 1.99. The Labute approximate surface area is 122 Å². The van der Waals surface area contributed by atoms with Crippen molar-refractivity contribution in [3.8, 4) is 5.75 Å². The number of rotatable bonds is 5. The second kappa shape index (κ2) is 6.75. The zero-order valence-corrected chi connectivity index (χ0v) is 12.0. The predicted octanol–water partition coefficient (Wildman–Crippen LogP) is 3.69. The Hall–Kier alpha value is -1.29. The van der Waals surface area contributed by atoms with Crippen molar-refractivity contribution in [3.63, 3.8) is 0 Å². The maximum absolute atomic E-state index is 5.90. The number of hydrogen-bond acceptors (Lipinski definition) is 3. The van der Waals surface area contributed by atoms with Crippen LogP contribution in [0.5, 0.6) is 5.75 Å². The fourth-order valence-corrected chi connectivity index (χ4v) is 2.12. The predicted molar refractivity (Wildman–Crippen MR) is 77.8 cm³/mol. The Bertz CT molecular complexity index is 523. The first kappa shape index (κ1) is 14.1. The third kappa shape index (κ3) is 4.39. The molecule has 0 aliphatic carbocycles. The number of benzene rings is 1. The van der Waals surface area contributed by atoms with Crippen LogP contribution in [0.1, 0.15) is 11.3 Å². The number of nitrogens with zero attached hydrogens (tertiary/aromatic N) is 1. The average molecular weight is 297 g/mol. The number of nitrogens with one attached hydrogen (secondary N) is 1. The second-order valence-corrected chi connectivity index (χ2v) is 4.95. The van der Waals surface area contributed by atoms with E-state index >= 15 is 0 Å². The molecule has 0 amide bonds. The highest BCUT2D eigenvalue weighted by molar-refractivity contribution is 6.34. The number of aromatic nitrogens is 1. The summed E-state index contributed by atoms with van der Waals surface area (Å²) >= 11 is 11.8. The van der Waals surface area contributed by atoms with Crippen molar-refractivity contribution in [2.75, 3.05) is 7.05 Å². The Morgan fingerprint density at radius 1 is 1.16 bits per heavy atom. The van der Waals surface area contributed by atoms with Gasteiger partial charge in [0.1, 0.15) is 12.4 Å². The van der Waals surface area contributed by atoms with Crippen molar-refractivity contribution >= 4 is 23.2 Å². The van der Waals surface area contributed by atoms with E-state index in [0.717, 1.165) is 17.8 Å². The van der Waals surface area contributed by atoms with Crippen LogP contribution in [0.25, 0.3) is 0 Å². The fourth-order valence-electron chi connectivity index (χ4n) is 1.62. The molecule has 0 bridgehead atoms. The summed E-state index contributed by atoms with van der Waals surface area (Å²) < 4.78 is 5.61. The quantitative estimate of drug-likeness (QED) is 0.914. The molecular formula is C14H14Cl2N2O. The molecule has 0 atom stereocenters. The van der Waals surface area contributed by atoms with Gasteiger partial charge in [0.25, 0.3) is 0 Å². The highest BCUT2D eigenvalue weighted by Crippen LogP contribution is 2.24. The standard InChI is InChI=1S/C14H14Cl2N2O/c1-17-7-10-2-3-13(18-8-10)9-19-14-5-11(15)4-12(16)6-14/h2-6,8,17H,7,9H2,1H3. The van der Waals surface area contributed by atoms with E-state index in [2.05, 4.69) is 10.3 Å². The summed E-state index contributed by atoms with van der Waals surface area (Å²) in [4.78, 5) is 4.33. The molecule has 0 saturated heterocycles. The van der Waals surface area contributed by atoms with Gasteiger partial charge in [0.05, 0.1) is 5.69 Å². The van der Waals surface area contributed by atoms with Crippen LogP contribution in [0.2, 0.25) is 10.0 Å². The Morgan fingerprint density at radius 2 is 1.89 bits per heavy atom. The third-order valence-electron chi connectivity index (χ3n) is 2.49. The van der Waals surface area contributed by atoms with Crippen molar-refractivity contribution in [2.24, 2.45) is 0 Å². The van der Waals surface area contributed by atoms with Crippen LogP contribution in [0, 0.1) is 0 Å². The molecule has 0 spiro atoms. The minimum Gasteiger partial charge on any atom is -0.487 e. The normalized spacial score (nSPS) is 10.5. The number of ether oxygens (including phenoxy) is 1. The molecule has 0 fully saturated rings. The van der Waals surface area contributed by atoms with E-state index in [9.17, 15) is 0 Å². The molecule has 100 valence electrons. The molecule has 1 aromatic heterocycles. The molecule has 0 aliphatic heterocycles. The molecule has 3 nitrogen and oxygen atoms in total. The van der Waals surface area contributed by atoms with Crippen molar-refractivity contribution in [1.82, 2.24) is 10.3 Å². The monoisotopic (exact) mass is 296 g/mol. The Balaban J connectivity index is 1.98. The first-order valence-corrected chi connectivity index (χ1v) is 6.60. The van der Waals surface area contributed by atoms with Crippen LogP contribution >= 0.6 is 23.2 Å². The molecule has 0 radical (unpaired) electrons. The van der Waals surface area contributed by atoms with Crippen LogP contribution in [0.15, 0.2) is 36.5 Å². The molecule has 2 aromatic rings. The van der Waals surface area contributed by atoms with Gasteiger partial charge >= 0.3 is 0 Å². The van der Waals surface area contributed by atoms with Crippen LogP contribution in [0.4, 0.5) is 0 Å². The van der Waals surface area contributed by atoms with Crippen molar-refractivity contribution in [3.05, 3.63) is 57.8 Å². The lowest BCUT2D eigenvalue weighted by Gasteiger charge is -2.07. The van der Waals surface area contributed by atoms with Crippen LogP contribution < -0.4 is 10.1 Å². The molecular weight excluding hydrogens is 283 g/mol. The lowest BCUT2D eigenvalue weighted by Crippen LogP contribution is -2.06. The fraction of sp³-hybridized carbons (Fsp3) is 0.214. The number of pyridine rings is 1. The van der Waals surface area contributed by atoms with Crippen molar-refractivity contribution in [2.45, 2.75) is 13.2 Å². The van der Waals surface area contributed by atoms with Crippen LogP contribution in [-0.4, -0.2) is 12.0 Å². The van der Waals surface area contributed by atoms with E-state index in [1.54, 1.807) is 18.2 Å². The van der Waals surface area contributed by atoms with E-state index in [1.165, 1.54) is 0 Å². The van der Waals surface area contributed by atoms with E-state index in [1.807, 2.05) is 25.4 Å². The van der Waals surface area contributed by atoms with Gasteiger partial charge < -0.3 is 10.1 Å². The molecule has 0 aliphatic rings. The maximum Gasteiger partial charge on any atom is 0.130 e. The highest BCUT2D eigenvalue weighted by atomic mass is 35.5. The SMILES string of the molecule is CNCc1ccc(COc2cc(Cl)cc(Cl)c2)nc1. The van der Waals surface area contributed by atoms with Gasteiger partial charge in [-0.2, -0.15) is 0 Å². The maximum atomic E-state index is 5.90. The molecule has 0 saturated carbocycles. The Morgan fingerprint density at radius 3 is 2.47 bits per heavy atom. The molecule has 19 heavy (non-hydrogen) atoms. The summed E-state index contributed by atoms with van der Waals surface area (Å²) in [6.07, 6.45) is 1.83. The van der Waals surface area contributed by atoms with E-state index in [-0.39, 0.29) is 0 Å². The first-order chi connectivity index (χ1) is 9.17. The molecule has 1 aromatic carbocycles.